The van der Waals surface area contributed by atoms with Crippen molar-refractivity contribution < 1.29 is 0 Å². The molecule has 2 aliphatic heterocycles. The molecule has 1 fully saturated rings. The molecule has 0 amide bonds. The first kappa shape index (κ1) is 9.84. The standard InChI is InChI=1S/C11H17N5/c1-16-7-6-13-10(16)9-14-8-11(15-9)2-4-12-5-3-11/h6-7,12H,2-5,8H2,1H3,(H,14,15). The van der Waals surface area contributed by atoms with Crippen molar-refractivity contribution in [3.05, 3.63) is 18.2 Å². The summed E-state index contributed by atoms with van der Waals surface area (Å²) < 4.78 is 2.01. The maximum Gasteiger partial charge on any atom is 0.175 e. The van der Waals surface area contributed by atoms with Gasteiger partial charge >= 0.3 is 0 Å². The second kappa shape index (κ2) is 3.59. The third kappa shape index (κ3) is 1.51. The number of nitrogens with zero attached hydrogens (tertiary/aromatic N) is 3. The van der Waals surface area contributed by atoms with Crippen LogP contribution < -0.4 is 10.6 Å². The van der Waals surface area contributed by atoms with Crippen LogP contribution in [0, 0.1) is 0 Å². The molecule has 0 radical (unpaired) electrons. The van der Waals surface area contributed by atoms with Crippen LogP contribution in [0.25, 0.3) is 0 Å². The van der Waals surface area contributed by atoms with Crippen molar-refractivity contribution in [1.82, 2.24) is 20.2 Å². The van der Waals surface area contributed by atoms with Gasteiger partial charge in [-0.2, -0.15) is 0 Å². The Kier molecular flexibility index (Phi) is 2.21. The van der Waals surface area contributed by atoms with Crippen molar-refractivity contribution in [2.24, 2.45) is 12.0 Å². The Bertz CT molecular complexity index is 414. The summed E-state index contributed by atoms with van der Waals surface area (Å²) in [5.74, 6) is 1.89. The first-order valence-electron chi connectivity index (χ1n) is 5.80. The van der Waals surface area contributed by atoms with Crippen molar-refractivity contribution in [3.63, 3.8) is 0 Å². The Morgan fingerprint density at radius 3 is 2.88 bits per heavy atom. The van der Waals surface area contributed by atoms with E-state index in [2.05, 4.69) is 20.6 Å². The Balaban J connectivity index is 1.79. The molecule has 1 aromatic rings. The summed E-state index contributed by atoms with van der Waals surface area (Å²) in [7, 11) is 2.00. The lowest BCUT2D eigenvalue weighted by atomic mass is 9.89. The molecule has 5 nitrogen and oxygen atoms in total. The van der Waals surface area contributed by atoms with E-state index >= 15 is 0 Å². The molecule has 1 aromatic heterocycles. The minimum Gasteiger partial charge on any atom is -0.360 e. The van der Waals surface area contributed by atoms with E-state index in [1.807, 2.05) is 24.0 Å². The molecule has 1 spiro atoms. The van der Waals surface area contributed by atoms with Crippen molar-refractivity contribution in [2.45, 2.75) is 18.4 Å². The van der Waals surface area contributed by atoms with Crippen molar-refractivity contribution >= 4 is 5.84 Å². The lowest BCUT2D eigenvalue weighted by Crippen LogP contribution is -2.53. The Labute approximate surface area is 95.0 Å². The molecular formula is C11H17N5. The highest BCUT2D eigenvalue weighted by Gasteiger charge is 2.37. The summed E-state index contributed by atoms with van der Waals surface area (Å²) in [6, 6.07) is 0. The van der Waals surface area contributed by atoms with Gasteiger partial charge in [0, 0.05) is 19.4 Å². The molecule has 0 aliphatic carbocycles. The average molecular weight is 219 g/mol. The molecule has 3 rings (SSSR count). The SMILES string of the molecule is Cn1ccnc1C1=NCC2(CCNCC2)N1. The highest BCUT2D eigenvalue weighted by atomic mass is 15.2. The van der Waals surface area contributed by atoms with Gasteiger partial charge in [0.15, 0.2) is 11.7 Å². The number of hydrogen-bond donors (Lipinski definition) is 2. The van der Waals surface area contributed by atoms with Gasteiger partial charge in [-0.15, -0.1) is 0 Å². The van der Waals surface area contributed by atoms with Gasteiger partial charge in [0.2, 0.25) is 0 Å². The fourth-order valence-electron chi connectivity index (χ4n) is 2.47. The Morgan fingerprint density at radius 1 is 1.38 bits per heavy atom. The largest absolute Gasteiger partial charge is 0.360 e. The zero-order valence-corrected chi connectivity index (χ0v) is 9.53. The van der Waals surface area contributed by atoms with Gasteiger partial charge in [0.1, 0.15) is 0 Å². The number of nitrogens with one attached hydrogen (secondary N) is 2. The minimum absolute atomic E-state index is 0.187. The van der Waals surface area contributed by atoms with Crippen LogP contribution in [0.4, 0.5) is 0 Å². The third-order valence-electron chi connectivity index (χ3n) is 3.52. The molecular weight excluding hydrogens is 202 g/mol. The maximum absolute atomic E-state index is 4.61. The van der Waals surface area contributed by atoms with Crippen LogP contribution in [0.3, 0.4) is 0 Å². The lowest BCUT2D eigenvalue weighted by molar-refractivity contribution is 0.302. The predicted octanol–water partition coefficient (Wildman–Crippen LogP) is -0.108. The van der Waals surface area contributed by atoms with Crippen LogP contribution in [0.5, 0.6) is 0 Å². The van der Waals surface area contributed by atoms with Crippen LogP contribution in [-0.2, 0) is 7.05 Å². The molecule has 0 aromatic carbocycles. The Hall–Kier alpha value is -1.36. The molecule has 0 unspecified atom stereocenters. The van der Waals surface area contributed by atoms with E-state index in [0.717, 1.165) is 44.1 Å². The van der Waals surface area contributed by atoms with Crippen molar-refractivity contribution in [3.8, 4) is 0 Å². The first-order chi connectivity index (χ1) is 7.79. The van der Waals surface area contributed by atoms with Crippen LogP contribution >= 0.6 is 0 Å². The number of aliphatic imine (C=N–C) groups is 1. The van der Waals surface area contributed by atoms with E-state index in [9.17, 15) is 0 Å². The van der Waals surface area contributed by atoms with Crippen LogP contribution in [0.15, 0.2) is 17.4 Å². The zero-order valence-electron chi connectivity index (χ0n) is 9.53. The number of amidine groups is 1. The molecule has 5 heteroatoms. The molecule has 2 aliphatic rings. The molecule has 0 bridgehead atoms. The molecule has 86 valence electrons. The first-order valence-corrected chi connectivity index (χ1v) is 5.80. The second-order valence-corrected chi connectivity index (χ2v) is 4.68. The minimum atomic E-state index is 0.187. The number of hydrogen-bond acceptors (Lipinski definition) is 4. The number of aryl methyl sites for hydroxylation is 1. The van der Waals surface area contributed by atoms with Gasteiger partial charge in [0.25, 0.3) is 0 Å². The van der Waals surface area contributed by atoms with E-state index in [4.69, 9.17) is 0 Å². The predicted molar refractivity (Wildman–Crippen MR) is 62.6 cm³/mol. The van der Waals surface area contributed by atoms with Gasteiger partial charge in [0.05, 0.1) is 12.1 Å². The quantitative estimate of drug-likeness (QED) is 0.693. The molecule has 0 atom stereocenters. The number of rotatable bonds is 1. The highest BCUT2D eigenvalue weighted by molar-refractivity contribution is 5.97. The van der Waals surface area contributed by atoms with Gasteiger partial charge in [-0.25, -0.2) is 4.98 Å². The fourth-order valence-corrected chi connectivity index (χ4v) is 2.47. The van der Waals surface area contributed by atoms with E-state index in [0.29, 0.717) is 0 Å². The van der Waals surface area contributed by atoms with Gasteiger partial charge in [-0.1, -0.05) is 0 Å². The van der Waals surface area contributed by atoms with Gasteiger partial charge in [-0.05, 0) is 25.9 Å². The summed E-state index contributed by atoms with van der Waals surface area (Å²) in [5.41, 5.74) is 0.187. The van der Waals surface area contributed by atoms with E-state index < -0.39 is 0 Å². The molecule has 3 heterocycles. The lowest BCUT2D eigenvalue weighted by Gasteiger charge is -2.33. The summed E-state index contributed by atoms with van der Waals surface area (Å²) >= 11 is 0. The normalized spacial score (nSPS) is 23.2. The number of aromatic nitrogens is 2. The number of piperidine rings is 1. The summed E-state index contributed by atoms with van der Waals surface area (Å²) in [6.45, 7) is 3.05. The summed E-state index contributed by atoms with van der Waals surface area (Å²) in [4.78, 5) is 8.94. The smallest absolute Gasteiger partial charge is 0.175 e. The second-order valence-electron chi connectivity index (χ2n) is 4.68. The molecule has 1 saturated heterocycles. The van der Waals surface area contributed by atoms with Crippen molar-refractivity contribution in [1.29, 1.82) is 0 Å². The third-order valence-corrected chi connectivity index (χ3v) is 3.52. The highest BCUT2D eigenvalue weighted by Crippen LogP contribution is 2.23. The van der Waals surface area contributed by atoms with Crippen LogP contribution in [0.2, 0.25) is 0 Å². The van der Waals surface area contributed by atoms with Crippen LogP contribution in [-0.4, -0.2) is 40.6 Å². The van der Waals surface area contributed by atoms with Gasteiger partial charge < -0.3 is 15.2 Å². The maximum atomic E-state index is 4.61. The molecule has 16 heavy (non-hydrogen) atoms. The molecule has 2 N–H and O–H groups in total. The van der Waals surface area contributed by atoms with Gasteiger partial charge in [-0.3, -0.25) is 4.99 Å². The summed E-state index contributed by atoms with van der Waals surface area (Å²) in [5, 5.41) is 6.96. The summed E-state index contributed by atoms with van der Waals surface area (Å²) in [6.07, 6.45) is 6.05. The van der Waals surface area contributed by atoms with E-state index in [-0.39, 0.29) is 5.54 Å². The van der Waals surface area contributed by atoms with Crippen molar-refractivity contribution in [2.75, 3.05) is 19.6 Å². The zero-order chi connectivity index (χ0) is 11.0. The van der Waals surface area contributed by atoms with E-state index in [1.165, 1.54) is 0 Å². The Morgan fingerprint density at radius 2 is 2.19 bits per heavy atom. The average Bonchev–Trinajstić information content (AvgIpc) is 2.87. The van der Waals surface area contributed by atoms with Crippen LogP contribution in [0.1, 0.15) is 18.7 Å². The topological polar surface area (TPSA) is 54.2 Å². The number of imidazole rings is 1. The van der Waals surface area contributed by atoms with E-state index in [1.54, 1.807) is 0 Å². The molecule has 0 saturated carbocycles. The monoisotopic (exact) mass is 219 g/mol. The fraction of sp³-hybridized carbons (Fsp3) is 0.636.